The Balaban J connectivity index is 1.85. The highest BCUT2D eigenvalue weighted by Gasteiger charge is 2.20. The van der Waals surface area contributed by atoms with Gasteiger partial charge in [-0.05, 0) is 40.9 Å². The molecule has 0 amide bonds. The molecule has 1 aliphatic rings. The molecule has 1 heterocycles. The van der Waals surface area contributed by atoms with E-state index in [9.17, 15) is 0 Å². The van der Waals surface area contributed by atoms with Gasteiger partial charge in [0.1, 0.15) is 0 Å². The number of hydrogen-bond donors (Lipinski definition) is 1. The molecule has 2 unspecified atom stereocenters. The second-order valence-electron chi connectivity index (χ2n) is 4.61. The van der Waals surface area contributed by atoms with Crippen LogP contribution in [-0.4, -0.2) is 16.4 Å². The molecule has 0 aromatic carbocycles. The molecule has 0 bridgehead atoms. The van der Waals surface area contributed by atoms with E-state index >= 15 is 0 Å². The van der Waals surface area contributed by atoms with Crippen molar-refractivity contribution in [2.24, 2.45) is 0 Å². The number of aromatic nitrogens is 1. The molecule has 17 heavy (non-hydrogen) atoms. The lowest BCUT2D eigenvalue weighted by Gasteiger charge is -2.20. The molecule has 1 fully saturated rings. The van der Waals surface area contributed by atoms with Crippen molar-refractivity contribution in [3.05, 3.63) is 28.5 Å². The third kappa shape index (κ3) is 4.23. The zero-order chi connectivity index (χ0) is 12.1. The normalized spacial score (nSPS) is 25.5. The van der Waals surface area contributed by atoms with Crippen molar-refractivity contribution in [3.63, 3.8) is 0 Å². The number of rotatable bonds is 3. The van der Waals surface area contributed by atoms with Crippen molar-refractivity contribution in [3.8, 4) is 0 Å². The molecular formula is C13H18BrClN2. The Labute approximate surface area is 116 Å². The Bertz CT molecular complexity index is 342. The maximum Gasteiger partial charge on any atom is 0.0542 e. The first kappa shape index (κ1) is 13.3. The summed E-state index contributed by atoms with van der Waals surface area (Å²) < 4.78 is 1.02. The topological polar surface area (TPSA) is 24.9 Å². The molecule has 4 heteroatoms. The number of pyridine rings is 1. The van der Waals surface area contributed by atoms with Crippen molar-refractivity contribution < 1.29 is 0 Å². The van der Waals surface area contributed by atoms with Crippen molar-refractivity contribution in [1.82, 2.24) is 10.3 Å². The summed E-state index contributed by atoms with van der Waals surface area (Å²) in [6, 6.07) is 4.50. The number of halogens is 2. The van der Waals surface area contributed by atoms with Crippen molar-refractivity contribution in [2.75, 3.05) is 0 Å². The van der Waals surface area contributed by atoms with E-state index in [4.69, 9.17) is 11.6 Å². The van der Waals surface area contributed by atoms with Crippen LogP contribution in [0.4, 0.5) is 0 Å². The number of alkyl halides is 1. The maximum absolute atomic E-state index is 6.39. The number of nitrogens with zero attached hydrogens (tertiary/aromatic N) is 1. The van der Waals surface area contributed by atoms with E-state index in [0.29, 0.717) is 6.04 Å². The molecule has 0 spiro atoms. The summed E-state index contributed by atoms with van der Waals surface area (Å²) in [5.74, 6) is 0. The molecule has 1 aromatic heterocycles. The minimum absolute atomic E-state index is 0.271. The Morgan fingerprint density at radius 1 is 1.29 bits per heavy atom. The fourth-order valence-electron chi connectivity index (χ4n) is 2.24. The van der Waals surface area contributed by atoms with Crippen LogP contribution in [0, 0.1) is 0 Å². The maximum atomic E-state index is 6.39. The Kier molecular flexibility index (Phi) is 5.26. The SMILES string of the molecule is ClC1CCCCCC1NCc1ccc(Br)cn1. The van der Waals surface area contributed by atoms with Gasteiger partial charge >= 0.3 is 0 Å². The van der Waals surface area contributed by atoms with E-state index in [0.717, 1.165) is 23.1 Å². The first-order valence-corrected chi connectivity index (χ1v) is 7.46. The fourth-order valence-corrected chi connectivity index (χ4v) is 2.84. The summed E-state index contributed by atoms with van der Waals surface area (Å²) in [7, 11) is 0. The lowest BCUT2D eigenvalue weighted by atomic mass is 10.1. The first-order valence-electron chi connectivity index (χ1n) is 6.23. The van der Waals surface area contributed by atoms with E-state index < -0.39 is 0 Å². The molecule has 1 aliphatic carbocycles. The quantitative estimate of drug-likeness (QED) is 0.676. The molecule has 1 N–H and O–H groups in total. The van der Waals surface area contributed by atoms with Gasteiger partial charge in [-0.1, -0.05) is 19.3 Å². The highest BCUT2D eigenvalue weighted by atomic mass is 79.9. The van der Waals surface area contributed by atoms with Gasteiger partial charge in [0.25, 0.3) is 0 Å². The first-order chi connectivity index (χ1) is 8.25. The second kappa shape index (κ2) is 6.72. The monoisotopic (exact) mass is 316 g/mol. The molecule has 0 radical (unpaired) electrons. The Morgan fingerprint density at radius 3 is 2.88 bits per heavy atom. The van der Waals surface area contributed by atoms with E-state index in [1.165, 1.54) is 25.7 Å². The van der Waals surface area contributed by atoms with Gasteiger partial charge in [-0.15, -0.1) is 11.6 Å². The predicted octanol–water partition coefficient (Wildman–Crippen LogP) is 3.87. The second-order valence-corrected chi connectivity index (χ2v) is 6.09. The molecule has 2 rings (SSSR count). The van der Waals surface area contributed by atoms with Gasteiger partial charge in [-0.25, -0.2) is 0 Å². The van der Waals surface area contributed by atoms with E-state index in [1.807, 2.05) is 18.3 Å². The smallest absolute Gasteiger partial charge is 0.0542 e. The van der Waals surface area contributed by atoms with Gasteiger partial charge in [-0.2, -0.15) is 0 Å². The van der Waals surface area contributed by atoms with Crippen molar-refractivity contribution in [2.45, 2.75) is 50.1 Å². The van der Waals surface area contributed by atoms with Gasteiger partial charge in [0.2, 0.25) is 0 Å². The highest BCUT2D eigenvalue weighted by Crippen LogP contribution is 2.22. The van der Waals surface area contributed by atoms with Crippen molar-refractivity contribution >= 4 is 27.5 Å². The average molecular weight is 318 g/mol. The third-order valence-electron chi connectivity index (χ3n) is 3.27. The standard InChI is InChI=1S/C13H18BrClN2/c14-10-6-7-11(16-8-10)9-17-13-5-3-1-2-4-12(13)15/h6-8,12-13,17H,1-5,9H2. The number of hydrogen-bond acceptors (Lipinski definition) is 2. The van der Waals surface area contributed by atoms with Crippen LogP contribution in [0.15, 0.2) is 22.8 Å². The molecule has 2 atom stereocenters. The summed E-state index contributed by atoms with van der Waals surface area (Å²) in [6.45, 7) is 0.807. The van der Waals surface area contributed by atoms with Gasteiger partial charge in [-0.3, -0.25) is 4.98 Å². The molecule has 1 aromatic rings. The average Bonchev–Trinajstić information content (AvgIpc) is 2.54. The largest absolute Gasteiger partial charge is 0.307 e. The van der Waals surface area contributed by atoms with Gasteiger partial charge in [0.05, 0.1) is 5.69 Å². The minimum atomic E-state index is 0.271. The van der Waals surface area contributed by atoms with Crippen LogP contribution < -0.4 is 5.32 Å². The van der Waals surface area contributed by atoms with Crippen LogP contribution in [-0.2, 0) is 6.54 Å². The van der Waals surface area contributed by atoms with Crippen LogP contribution >= 0.6 is 27.5 Å². The number of nitrogens with one attached hydrogen (secondary N) is 1. The lowest BCUT2D eigenvalue weighted by molar-refractivity contribution is 0.461. The van der Waals surface area contributed by atoms with E-state index in [2.05, 4.69) is 26.2 Å². The van der Waals surface area contributed by atoms with Crippen LogP contribution in [0.2, 0.25) is 0 Å². The Morgan fingerprint density at radius 2 is 2.12 bits per heavy atom. The third-order valence-corrected chi connectivity index (χ3v) is 4.26. The van der Waals surface area contributed by atoms with Crippen LogP contribution in [0.25, 0.3) is 0 Å². The summed E-state index contributed by atoms with van der Waals surface area (Å²) in [4.78, 5) is 4.36. The van der Waals surface area contributed by atoms with Crippen LogP contribution in [0.1, 0.15) is 37.8 Å². The highest BCUT2D eigenvalue weighted by molar-refractivity contribution is 9.10. The molecule has 94 valence electrons. The van der Waals surface area contributed by atoms with E-state index in [-0.39, 0.29) is 5.38 Å². The summed E-state index contributed by atoms with van der Waals surface area (Å²) in [6.07, 6.45) is 8.02. The van der Waals surface area contributed by atoms with Crippen molar-refractivity contribution in [1.29, 1.82) is 0 Å². The van der Waals surface area contributed by atoms with Gasteiger partial charge in [0, 0.05) is 28.6 Å². The molecule has 1 saturated carbocycles. The zero-order valence-electron chi connectivity index (χ0n) is 9.83. The predicted molar refractivity (Wildman–Crippen MR) is 75.3 cm³/mol. The molecular weight excluding hydrogens is 300 g/mol. The Hall–Kier alpha value is -0.120. The summed E-state index contributed by atoms with van der Waals surface area (Å²) in [5, 5.41) is 3.81. The minimum Gasteiger partial charge on any atom is -0.307 e. The summed E-state index contributed by atoms with van der Waals surface area (Å²) in [5.41, 5.74) is 1.07. The zero-order valence-corrected chi connectivity index (χ0v) is 12.2. The lowest BCUT2D eigenvalue weighted by Crippen LogP contribution is -2.36. The molecule has 2 nitrogen and oxygen atoms in total. The fraction of sp³-hybridized carbons (Fsp3) is 0.615. The van der Waals surface area contributed by atoms with E-state index in [1.54, 1.807) is 0 Å². The summed E-state index contributed by atoms with van der Waals surface area (Å²) >= 11 is 9.78. The van der Waals surface area contributed by atoms with Gasteiger partial charge < -0.3 is 5.32 Å². The molecule has 0 saturated heterocycles. The molecule has 0 aliphatic heterocycles. The van der Waals surface area contributed by atoms with Crippen LogP contribution in [0.3, 0.4) is 0 Å². The van der Waals surface area contributed by atoms with Crippen LogP contribution in [0.5, 0.6) is 0 Å². The van der Waals surface area contributed by atoms with Gasteiger partial charge in [0.15, 0.2) is 0 Å².